The largest absolute Gasteiger partial charge is 0.491 e. The van der Waals surface area contributed by atoms with Gasteiger partial charge in [-0.15, -0.1) is 0 Å². The highest BCUT2D eigenvalue weighted by Gasteiger charge is 2.19. The van der Waals surface area contributed by atoms with Crippen molar-refractivity contribution in [2.24, 2.45) is 0 Å². The van der Waals surface area contributed by atoms with E-state index in [4.69, 9.17) is 4.74 Å². The number of piperazine rings is 1. The van der Waals surface area contributed by atoms with Crippen LogP contribution in [0.3, 0.4) is 0 Å². The highest BCUT2D eigenvalue weighted by atomic mass is 16.5. The van der Waals surface area contributed by atoms with E-state index in [1.54, 1.807) is 0 Å². The third-order valence-corrected chi connectivity index (χ3v) is 5.37. The average molecular weight is 389 g/mol. The number of β-amino-alcohol motifs (C(OH)–C–C–N with tert-alkyl or cyclic N) is 1. The van der Waals surface area contributed by atoms with Crippen LogP contribution in [-0.4, -0.2) is 55.4 Å². The van der Waals surface area contributed by atoms with Crippen molar-refractivity contribution >= 4 is 5.69 Å². The second kappa shape index (κ2) is 9.59. The zero-order chi connectivity index (χ0) is 19.9. The second-order valence-electron chi connectivity index (χ2n) is 7.48. The van der Waals surface area contributed by atoms with Crippen LogP contribution in [0.1, 0.15) is 0 Å². The van der Waals surface area contributed by atoms with Gasteiger partial charge in [-0.3, -0.25) is 4.90 Å². The Morgan fingerprint density at radius 3 is 1.97 bits per heavy atom. The van der Waals surface area contributed by atoms with Crippen LogP contribution in [0.15, 0.2) is 84.9 Å². The Hall–Kier alpha value is -2.82. The normalized spacial score (nSPS) is 15.8. The van der Waals surface area contributed by atoms with E-state index in [0.717, 1.165) is 37.5 Å². The van der Waals surface area contributed by atoms with E-state index in [1.807, 2.05) is 36.4 Å². The Morgan fingerprint density at radius 2 is 1.31 bits per heavy atom. The van der Waals surface area contributed by atoms with Crippen LogP contribution < -0.4 is 9.64 Å². The number of hydrogen-bond donors (Lipinski definition) is 1. The van der Waals surface area contributed by atoms with Gasteiger partial charge in [0, 0.05) is 38.4 Å². The van der Waals surface area contributed by atoms with Crippen molar-refractivity contribution in [1.29, 1.82) is 0 Å². The molecule has 1 heterocycles. The van der Waals surface area contributed by atoms with Crippen LogP contribution in [0.25, 0.3) is 11.1 Å². The summed E-state index contributed by atoms with van der Waals surface area (Å²) in [6, 6.07) is 28.8. The smallest absolute Gasteiger partial charge is 0.119 e. The maximum absolute atomic E-state index is 10.4. The van der Waals surface area contributed by atoms with Crippen molar-refractivity contribution in [2.75, 3.05) is 44.2 Å². The number of rotatable bonds is 7. The lowest BCUT2D eigenvalue weighted by molar-refractivity contribution is 0.0663. The van der Waals surface area contributed by atoms with Crippen LogP contribution in [0.4, 0.5) is 5.69 Å². The molecule has 1 atom stereocenters. The number of anilines is 1. The summed E-state index contributed by atoms with van der Waals surface area (Å²) in [5.41, 5.74) is 3.62. The van der Waals surface area contributed by atoms with Gasteiger partial charge in [0.25, 0.3) is 0 Å². The van der Waals surface area contributed by atoms with E-state index in [-0.39, 0.29) is 0 Å². The molecule has 0 aromatic heterocycles. The molecule has 150 valence electrons. The molecule has 1 aliphatic heterocycles. The van der Waals surface area contributed by atoms with Crippen molar-refractivity contribution < 1.29 is 9.84 Å². The molecule has 1 N–H and O–H groups in total. The van der Waals surface area contributed by atoms with Crippen LogP contribution in [-0.2, 0) is 0 Å². The van der Waals surface area contributed by atoms with Gasteiger partial charge in [0.15, 0.2) is 0 Å². The first-order valence-corrected chi connectivity index (χ1v) is 10.3. The highest BCUT2D eigenvalue weighted by molar-refractivity contribution is 5.63. The van der Waals surface area contributed by atoms with Gasteiger partial charge < -0.3 is 14.7 Å². The lowest BCUT2D eigenvalue weighted by Gasteiger charge is -2.36. The van der Waals surface area contributed by atoms with E-state index in [0.29, 0.717) is 13.2 Å². The fourth-order valence-corrected chi connectivity index (χ4v) is 3.74. The van der Waals surface area contributed by atoms with Crippen LogP contribution in [0, 0.1) is 0 Å². The zero-order valence-corrected chi connectivity index (χ0v) is 16.7. The van der Waals surface area contributed by atoms with E-state index in [1.165, 1.54) is 11.3 Å². The molecule has 0 saturated carbocycles. The predicted octanol–water partition coefficient (Wildman–Crippen LogP) is 3.92. The fourth-order valence-electron chi connectivity index (χ4n) is 3.74. The summed E-state index contributed by atoms with van der Waals surface area (Å²) in [7, 11) is 0. The first-order chi connectivity index (χ1) is 14.3. The highest BCUT2D eigenvalue weighted by Crippen LogP contribution is 2.22. The lowest BCUT2D eigenvalue weighted by Crippen LogP contribution is -2.49. The summed E-state index contributed by atoms with van der Waals surface area (Å²) in [6.45, 7) is 4.83. The second-order valence-corrected chi connectivity index (χ2v) is 7.48. The molecule has 1 saturated heterocycles. The molecule has 4 rings (SSSR count). The van der Waals surface area contributed by atoms with Crippen molar-refractivity contribution in [1.82, 2.24) is 4.90 Å². The first-order valence-electron chi connectivity index (χ1n) is 10.3. The number of aliphatic hydroxyl groups is 1. The maximum Gasteiger partial charge on any atom is 0.119 e. The monoisotopic (exact) mass is 388 g/mol. The number of benzene rings is 3. The number of hydrogen-bond acceptors (Lipinski definition) is 4. The quantitative estimate of drug-likeness (QED) is 0.666. The van der Waals surface area contributed by atoms with Gasteiger partial charge in [0.1, 0.15) is 18.5 Å². The molecule has 3 aromatic rings. The molecule has 4 nitrogen and oxygen atoms in total. The van der Waals surface area contributed by atoms with Gasteiger partial charge in [-0.25, -0.2) is 0 Å². The Balaban J connectivity index is 1.21. The number of ether oxygens (including phenoxy) is 1. The standard InChI is InChI=1S/C25H28N2O2/c28-24(19-26-15-17-27(18-16-26)23-9-5-2-6-10-23)20-29-25-13-11-22(12-14-25)21-7-3-1-4-8-21/h1-14,24,28H,15-20H2. The minimum atomic E-state index is -0.493. The predicted molar refractivity (Wildman–Crippen MR) is 118 cm³/mol. The molecule has 1 unspecified atom stereocenters. The topological polar surface area (TPSA) is 35.9 Å². The Bertz CT molecular complexity index is 860. The van der Waals surface area contributed by atoms with Crippen molar-refractivity contribution in [3.8, 4) is 16.9 Å². The molecule has 1 fully saturated rings. The van der Waals surface area contributed by atoms with E-state index in [2.05, 4.69) is 58.3 Å². The molecule has 4 heteroatoms. The van der Waals surface area contributed by atoms with Crippen molar-refractivity contribution in [3.05, 3.63) is 84.9 Å². The van der Waals surface area contributed by atoms with Gasteiger partial charge >= 0.3 is 0 Å². The maximum atomic E-state index is 10.4. The third kappa shape index (κ3) is 5.37. The number of para-hydroxylation sites is 1. The molecular weight excluding hydrogens is 360 g/mol. The molecule has 0 spiro atoms. The number of nitrogens with zero attached hydrogens (tertiary/aromatic N) is 2. The zero-order valence-electron chi connectivity index (χ0n) is 16.7. The van der Waals surface area contributed by atoms with Gasteiger partial charge in [0.05, 0.1) is 0 Å². The molecule has 0 aliphatic carbocycles. The van der Waals surface area contributed by atoms with Gasteiger partial charge in [-0.05, 0) is 35.4 Å². The average Bonchev–Trinajstić information content (AvgIpc) is 2.80. The van der Waals surface area contributed by atoms with Crippen molar-refractivity contribution in [3.63, 3.8) is 0 Å². The Kier molecular flexibility index (Phi) is 6.45. The molecular formula is C25H28N2O2. The summed E-state index contributed by atoms with van der Waals surface area (Å²) >= 11 is 0. The van der Waals surface area contributed by atoms with E-state index >= 15 is 0 Å². The van der Waals surface area contributed by atoms with Crippen LogP contribution in [0.2, 0.25) is 0 Å². The molecule has 1 aliphatic rings. The van der Waals surface area contributed by atoms with Gasteiger partial charge in [0.2, 0.25) is 0 Å². The third-order valence-electron chi connectivity index (χ3n) is 5.37. The van der Waals surface area contributed by atoms with E-state index in [9.17, 15) is 5.11 Å². The lowest BCUT2D eigenvalue weighted by atomic mass is 10.1. The molecule has 29 heavy (non-hydrogen) atoms. The Morgan fingerprint density at radius 1 is 0.724 bits per heavy atom. The van der Waals surface area contributed by atoms with Gasteiger partial charge in [-0.2, -0.15) is 0 Å². The van der Waals surface area contributed by atoms with Gasteiger partial charge in [-0.1, -0.05) is 60.7 Å². The minimum absolute atomic E-state index is 0.309. The fraction of sp³-hybridized carbons (Fsp3) is 0.280. The van der Waals surface area contributed by atoms with Crippen molar-refractivity contribution in [2.45, 2.75) is 6.10 Å². The summed E-state index contributed by atoms with van der Waals surface area (Å²) in [5.74, 6) is 0.789. The van der Waals surface area contributed by atoms with Crippen LogP contribution >= 0.6 is 0 Å². The summed E-state index contributed by atoms with van der Waals surface area (Å²) in [5, 5.41) is 10.4. The first kappa shape index (κ1) is 19.5. The number of aliphatic hydroxyl groups excluding tert-OH is 1. The summed E-state index contributed by atoms with van der Waals surface area (Å²) in [6.07, 6.45) is -0.493. The summed E-state index contributed by atoms with van der Waals surface area (Å²) < 4.78 is 5.80. The molecule has 3 aromatic carbocycles. The Labute approximate surface area is 173 Å². The van der Waals surface area contributed by atoms with E-state index < -0.39 is 6.10 Å². The SMILES string of the molecule is OC(COc1ccc(-c2ccccc2)cc1)CN1CCN(c2ccccc2)CC1. The molecule has 0 bridgehead atoms. The summed E-state index contributed by atoms with van der Waals surface area (Å²) in [4.78, 5) is 4.71. The molecule has 0 amide bonds. The van der Waals surface area contributed by atoms with Crippen LogP contribution in [0.5, 0.6) is 5.75 Å². The minimum Gasteiger partial charge on any atom is -0.491 e. The molecule has 0 radical (unpaired) electrons.